The minimum absolute atomic E-state index is 0.0576. The van der Waals surface area contributed by atoms with Gasteiger partial charge in [-0.15, -0.1) is 11.6 Å². The van der Waals surface area contributed by atoms with Gasteiger partial charge in [0.15, 0.2) is 0 Å². The molecule has 0 aliphatic rings. The van der Waals surface area contributed by atoms with Gasteiger partial charge in [-0.25, -0.2) is 0 Å². The summed E-state index contributed by atoms with van der Waals surface area (Å²) in [5.41, 5.74) is 0. The molecule has 0 saturated heterocycles. The highest BCUT2D eigenvalue weighted by Gasteiger charge is 2.27. The fourth-order valence-corrected chi connectivity index (χ4v) is 1.02. The van der Waals surface area contributed by atoms with Crippen LogP contribution in [0.2, 0.25) is 0 Å². The Labute approximate surface area is 98.2 Å². The lowest BCUT2D eigenvalue weighted by molar-refractivity contribution is -0.173. The SMILES string of the molecule is FC(F)(F)COCCNCCCOCCCl. The number of ether oxygens (including phenoxy) is 2. The van der Waals surface area contributed by atoms with E-state index in [1.807, 2.05) is 0 Å². The highest BCUT2D eigenvalue weighted by molar-refractivity contribution is 6.17. The average molecular weight is 264 g/mol. The van der Waals surface area contributed by atoms with E-state index in [4.69, 9.17) is 16.3 Å². The molecule has 0 aromatic rings. The van der Waals surface area contributed by atoms with Gasteiger partial charge in [0.1, 0.15) is 6.61 Å². The van der Waals surface area contributed by atoms with Crippen molar-refractivity contribution in [3.8, 4) is 0 Å². The number of halogens is 4. The molecule has 0 aliphatic heterocycles. The lowest BCUT2D eigenvalue weighted by Gasteiger charge is -2.08. The average Bonchev–Trinajstić information content (AvgIpc) is 2.19. The van der Waals surface area contributed by atoms with E-state index in [0.717, 1.165) is 6.42 Å². The van der Waals surface area contributed by atoms with Crippen molar-refractivity contribution in [1.29, 1.82) is 0 Å². The molecule has 1 N–H and O–H groups in total. The highest BCUT2D eigenvalue weighted by Crippen LogP contribution is 2.13. The van der Waals surface area contributed by atoms with Crippen LogP contribution in [0.4, 0.5) is 13.2 Å². The minimum atomic E-state index is -4.24. The van der Waals surface area contributed by atoms with E-state index in [1.54, 1.807) is 0 Å². The summed E-state index contributed by atoms with van der Waals surface area (Å²) in [7, 11) is 0. The van der Waals surface area contributed by atoms with E-state index in [0.29, 0.717) is 32.2 Å². The first-order valence-corrected chi connectivity index (χ1v) is 5.58. The molecule has 0 unspecified atom stereocenters. The third-order valence-corrected chi connectivity index (χ3v) is 1.71. The maximum absolute atomic E-state index is 11.6. The summed E-state index contributed by atoms with van der Waals surface area (Å²) in [6.07, 6.45) is -3.44. The van der Waals surface area contributed by atoms with Gasteiger partial charge in [-0.1, -0.05) is 0 Å². The summed E-state index contributed by atoms with van der Waals surface area (Å²) in [4.78, 5) is 0. The quantitative estimate of drug-likeness (QED) is 0.482. The predicted octanol–water partition coefficient (Wildman–Crippen LogP) is 1.80. The van der Waals surface area contributed by atoms with Gasteiger partial charge in [0, 0.05) is 19.0 Å². The Bertz CT molecular complexity index is 158. The second kappa shape index (κ2) is 10.1. The highest BCUT2D eigenvalue weighted by atomic mass is 35.5. The second-order valence-corrected chi connectivity index (χ2v) is 3.45. The van der Waals surface area contributed by atoms with Crippen LogP contribution in [0, 0.1) is 0 Å². The number of alkyl halides is 4. The summed E-state index contributed by atoms with van der Waals surface area (Å²) < 4.78 is 44.4. The smallest absolute Gasteiger partial charge is 0.380 e. The van der Waals surface area contributed by atoms with Crippen LogP contribution >= 0.6 is 11.6 Å². The third kappa shape index (κ3) is 14.0. The summed E-state index contributed by atoms with van der Waals surface area (Å²) in [5.74, 6) is 0.471. The number of hydrogen-bond acceptors (Lipinski definition) is 3. The van der Waals surface area contributed by atoms with Gasteiger partial charge in [0.2, 0.25) is 0 Å². The van der Waals surface area contributed by atoms with Crippen molar-refractivity contribution < 1.29 is 22.6 Å². The Morgan fingerprint density at radius 3 is 2.38 bits per heavy atom. The summed E-state index contributed by atoms with van der Waals surface area (Å²) in [6, 6.07) is 0. The van der Waals surface area contributed by atoms with Crippen molar-refractivity contribution in [2.75, 3.05) is 45.4 Å². The summed E-state index contributed by atoms with van der Waals surface area (Å²) in [5, 5.41) is 2.94. The van der Waals surface area contributed by atoms with Crippen molar-refractivity contribution in [2.45, 2.75) is 12.6 Å². The molecule has 0 saturated carbocycles. The van der Waals surface area contributed by atoms with Crippen LogP contribution in [0.25, 0.3) is 0 Å². The van der Waals surface area contributed by atoms with Crippen LogP contribution in [-0.4, -0.2) is 51.6 Å². The standard InChI is InChI=1S/C9H17ClF3NO2/c10-2-6-15-5-1-3-14-4-7-16-8-9(11,12)13/h14H,1-8H2. The monoisotopic (exact) mass is 263 g/mol. The van der Waals surface area contributed by atoms with Crippen molar-refractivity contribution in [2.24, 2.45) is 0 Å². The number of rotatable bonds is 10. The first kappa shape index (κ1) is 16.0. The zero-order valence-corrected chi connectivity index (χ0v) is 9.74. The Balaban J connectivity index is 2.99. The van der Waals surface area contributed by atoms with Gasteiger partial charge in [-0.05, 0) is 13.0 Å². The molecule has 0 aromatic heterocycles. The van der Waals surface area contributed by atoms with Crippen LogP contribution < -0.4 is 5.32 Å². The molecule has 0 amide bonds. The normalized spacial score (nSPS) is 12.0. The van der Waals surface area contributed by atoms with Crippen LogP contribution in [0.3, 0.4) is 0 Å². The van der Waals surface area contributed by atoms with Crippen molar-refractivity contribution >= 4 is 11.6 Å². The predicted molar refractivity (Wildman–Crippen MR) is 55.9 cm³/mol. The Morgan fingerprint density at radius 1 is 1.00 bits per heavy atom. The molecule has 0 aliphatic carbocycles. The van der Waals surface area contributed by atoms with Gasteiger partial charge in [0.05, 0.1) is 13.2 Å². The molecule has 0 atom stereocenters. The van der Waals surface area contributed by atoms with Gasteiger partial charge in [-0.3, -0.25) is 0 Å². The van der Waals surface area contributed by atoms with Crippen molar-refractivity contribution in [3.05, 3.63) is 0 Å². The molecule has 0 fully saturated rings. The summed E-state index contributed by atoms with van der Waals surface area (Å²) in [6.45, 7) is 1.10. The van der Waals surface area contributed by atoms with E-state index in [1.165, 1.54) is 0 Å². The van der Waals surface area contributed by atoms with E-state index in [2.05, 4.69) is 10.1 Å². The second-order valence-electron chi connectivity index (χ2n) is 3.07. The molecule has 0 radical (unpaired) electrons. The van der Waals surface area contributed by atoms with E-state index >= 15 is 0 Å². The third-order valence-electron chi connectivity index (χ3n) is 1.55. The molecule has 0 heterocycles. The van der Waals surface area contributed by atoms with Crippen molar-refractivity contribution in [1.82, 2.24) is 5.32 Å². The van der Waals surface area contributed by atoms with Crippen LogP contribution in [0.15, 0.2) is 0 Å². The van der Waals surface area contributed by atoms with Gasteiger partial charge >= 0.3 is 6.18 Å². The molecule has 0 aromatic carbocycles. The molecule has 7 heteroatoms. The Kier molecular flexibility index (Phi) is 10.1. The van der Waals surface area contributed by atoms with Crippen LogP contribution in [0.5, 0.6) is 0 Å². The fourth-order valence-electron chi connectivity index (χ4n) is 0.913. The molecular formula is C9H17ClF3NO2. The largest absolute Gasteiger partial charge is 0.411 e. The zero-order chi connectivity index (χ0) is 12.3. The molecule has 16 heavy (non-hydrogen) atoms. The minimum Gasteiger partial charge on any atom is -0.380 e. The van der Waals surface area contributed by atoms with Gasteiger partial charge in [0.25, 0.3) is 0 Å². The maximum atomic E-state index is 11.6. The van der Waals surface area contributed by atoms with E-state index in [-0.39, 0.29) is 6.61 Å². The van der Waals surface area contributed by atoms with E-state index < -0.39 is 12.8 Å². The number of nitrogens with one attached hydrogen (secondary N) is 1. The first-order valence-electron chi connectivity index (χ1n) is 5.05. The topological polar surface area (TPSA) is 30.5 Å². The number of hydrogen-bond donors (Lipinski definition) is 1. The van der Waals surface area contributed by atoms with Gasteiger partial charge in [-0.2, -0.15) is 13.2 Å². The van der Waals surface area contributed by atoms with Crippen molar-refractivity contribution in [3.63, 3.8) is 0 Å². The van der Waals surface area contributed by atoms with E-state index in [9.17, 15) is 13.2 Å². The van der Waals surface area contributed by atoms with Crippen LogP contribution in [0.1, 0.15) is 6.42 Å². The Morgan fingerprint density at radius 2 is 1.75 bits per heavy atom. The Hall–Kier alpha value is -0.0400. The maximum Gasteiger partial charge on any atom is 0.411 e. The zero-order valence-electron chi connectivity index (χ0n) is 8.99. The molecule has 3 nitrogen and oxygen atoms in total. The first-order chi connectivity index (χ1) is 7.56. The molecule has 0 rings (SSSR count). The lowest BCUT2D eigenvalue weighted by atomic mass is 10.4. The molecule has 0 bridgehead atoms. The fraction of sp³-hybridized carbons (Fsp3) is 1.00. The lowest BCUT2D eigenvalue weighted by Crippen LogP contribution is -2.25. The summed E-state index contributed by atoms with van der Waals surface area (Å²) >= 11 is 5.39. The molecule has 98 valence electrons. The molecule has 0 spiro atoms. The van der Waals surface area contributed by atoms with Crippen LogP contribution in [-0.2, 0) is 9.47 Å². The molecular weight excluding hydrogens is 247 g/mol. The van der Waals surface area contributed by atoms with Gasteiger partial charge < -0.3 is 14.8 Å².